The Morgan fingerprint density at radius 3 is 2.24 bits per heavy atom. The number of hydrogen-bond donors (Lipinski definition) is 1. The predicted octanol–water partition coefficient (Wildman–Crippen LogP) is 5.83. The molecular weight excluding hydrogens is 505 g/mol. The second-order valence-electron chi connectivity index (χ2n) is 10.6. The van der Waals surface area contributed by atoms with Gasteiger partial charge in [0, 0.05) is 32.0 Å². The van der Waals surface area contributed by atoms with Crippen molar-refractivity contribution in [3.8, 4) is 28.5 Å². The highest BCUT2D eigenvalue weighted by Gasteiger charge is 2.35. The molecule has 0 aliphatic rings. The number of hydrogen-bond acceptors (Lipinski definition) is 6. The molecule has 1 aromatic carbocycles. The van der Waals surface area contributed by atoms with Crippen LogP contribution < -0.4 is 4.74 Å². The highest BCUT2D eigenvalue weighted by molar-refractivity contribution is 6.76. The van der Waals surface area contributed by atoms with Crippen LogP contribution in [0.15, 0.2) is 42.9 Å². The van der Waals surface area contributed by atoms with Gasteiger partial charge in [-0.25, -0.2) is 15.0 Å². The molecule has 3 aromatic rings. The van der Waals surface area contributed by atoms with Gasteiger partial charge in [0.25, 0.3) is 0 Å². The lowest BCUT2D eigenvalue weighted by molar-refractivity contribution is -0.148. The van der Waals surface area contributed by atoms with E-state index in [1.54, 1.807) is 38.1 Å². The molecule has 0 amide bonds. The molecule has 0 saturated carbocycles. The molecule has 0 unspecified atom stereocenters. The van der Waals surface area contributed by atoms with Crippen molar-refractivity contribution in [2.45, 2.75) is 52.4 Å². The third-order valence-corrected chi connectivity index (χ3v) is 7.22. The number of imidazole rings is 1. The standard InChI is InChI=1S/C25H31F3N4O4Si/c1-24(2,23(33)34)15-36-21-13-29-19(12-30-21)17-6-8-18(9-7-17)22-31-20(25(26,27)28)14-32(22)16-35-10-11-37(3,4)5/h6-9,12-14H,10-11,15-16H2,1-5H3,(H,33,34). The van der Waals surface area contributed by atoms with Gasteiger partial charge < -0.3 is 19.1 Å². The van der Waals surface area contributed by atoms with E-state index in [2.05, 4.69) is 34.6 Å². The molecule has 3 rings (SSSR count). The Bertz CT molecular complexity index is 1200. The number of halogens is 3. The summed E-state index contributed by atoms with van der Waals surface area (Å²) in [7, 11) is -1.33. The summed E-state index contributed by atoms with van der Waals surface area (Å²) in [5.74, 6) is -0.647. The normalized spacial score (nSPS) is 12.5. The number of rotatable bonds is 11. The minimum absolute atomic E-state index is 0.0315. The third kappa shape index (κ3) is 7.86. The number of ether oxygens (including phenoxy) is 2. The number of alkyl halides is 3. The maximum Gasteiger partial charge on any atom is 0.434 e. The van der Waals surface area contributed by atoms with E-state index in [0.717, 1.165) is 12.2 Å². The van der Waals surface area contributed by atoms with E-state index in [1.807, 2.05) is 0 Å². The maximum absolute atomic E-state index is 13.4. The molecule has 0 bridgehead atoms. The average molecular weight is 537 g/mol. The van der Waals surface area contributed by atoms with Crippen LogP contribution in [-0.2, 0) is 22.4 Å². The van der Waals surface area contributed by atoms with E-state index in [9.17, 15) is 23.1 Å². The minimum atomic E-state index is -4.57. The van der Waals surface area contributed by atoms with Crippen LogP contribution in [0.4, 0.5) is 13.2 Å². The zero-order valence-electron chi connectivity index (χ0n) is 21.5. The van der Waals surface area contributed by atoms with Crippen molar-refractivity contribution >= 4 is 14.0 Å². The predicted molar refractivity (Wildman–Crippen MR) is 135 cm³/mol. The lowest BCUT2D eigenvalue weighted by atomic mass is 9.95. The van der Waals surface area contributed by atoms with Crippen LogP contribution in [0.1, 0.15) is 19.5 Å². The topological polar surface area (TPSA) is 99.4 Å². The Labute approximate surface area is 214 Å². The second kappa shape index (κ2) is 11.0. The van der Waals surface area contributed by atoms with Crippen LogP contribution in [0, 0.1) is 5.41 Å². The smallest absolute Gasteiger partial charge is 0.434 e. The first-order valence-electron chi connectivity index (χ1n) is 11.7. The number of carboxylic acids is 1. The summed E-state index contributed by atoms with van der Waals surface area (Å²) in [5, 5.41) is 9.17. The molecule has 0 spiro atoms. The summed E-state index contributed by atoms with van der Waals surface area (Å²) in [5.41, 5.74) is -0.350. The van der Waals surface area contributed by atoms with Crippen molar-refractivity contribution < 1.29 is 32.5 Å². The van der Waals surface area contributed by atoms with Crippen LogP contribution in [0.3, 0.4) is 0 Å². The van der Waals surface area contributed by atoms with Crippen molar-refractivity contribution in [2.24, 2.45) is 5.41 Å². The molecule has 37 heavy (non-hydrogen) atoms. The van der Waals surface area contributed by atoms with Crippen molar-refractivity contribution in [1.82, 2.24) is 19.5 Å². The van der Waals surface area contributed by atoms with Crippen molar-refractivity contribution in [2.75, 3.05) is 13.2 Å². The summed E-state index contributed by atoms with van der Waals surface area (Å²) in [6.45, 7) is 10.1. The summed E-state index contributed by atoms with van der Waals surface area (Å²) < 4.78 is 52.5. The molecule has 0 atom stereocenters. The van der Waals surface area contributed by atoms with Crippen LogP contribution >= 0.6 is 0 Å². The first-order valence-corrected chi connectivity index (χ1v) is 15.4. The Morgan fingerprint density at radius 1 is 1.05 bits per heavy atom. The SMILES string of the molecule is CC(C)(COc1cnc(-c2ccc(-c3nc(C(F)(F)F)cn3COCC[Si](C)(C)C)cc2)cn1)C(=O)O. The maximum atomic E-state index is 13.4. The van der Waals surface area contributed by atoms with Gasteiger partial charge >= 0.3 is 12.1 Å². The number of carboxylic acid groups (broad SMARTS) is 1. The largest absolute Gasteiger partial charge is 0.481 e. The van der Waals surface area contributed by atoms with Gasteiger partial charge in [0.15, 0.2) is 5.69 Å². The lowest BCUT2D eigenvalue weighted by Gasteiger charge is -2.18. The van der Waals surface area contributed by atoms with Crippen LogP contribution in [0.25, 0.3) is 22.6 Å². The fourth-order valence-corrected chi connectivity index (χ4v) is 3.83. The highest BCUT2D eigenvalue weighted by atomic mass is 28.3. The van der Waals surface area contributed by atoms with Crippen molar-refractivity contribution in [3.05, 3.63) is 48.5 Å². The molecule has 12 heteroatoms. The van der Waals surface area contributed by atoms with Gasteiger partial charge in [-0.05, 0) is 19.9 Å². The molecule has 2 aromatic heterocycles. The van der Waals surface area contributed by atoms with E-state index in [0.29, 0.717) is 23.4 Å². The number of aromatic nitrogens is 4. The molecular formula is C25H31F3N4O4Si. The van der Waals surface area contributed by atoms with Gasteiger partial charge in [-0.15, -0.1) is 0 Å². The van der Waals surface area contributed by atoms with Gasteiger partial charge in [0.2, 0.25) is 5.88 Å². The van der Waals surface area contributed by atoms with Crippen LogP contribution in [0.2, 0.25) is 25.7 Å². The monoisotopic (exact) mass is 536 g/mol. The molecule has 0 radical (unpaired) electrons. The summed E-state index contributed by atoms with van der Waals surface area (Å²) >= 11 is 0. The van der Waals surface area contributed by atoms with Gasteiger partial charge in [0.1, 0.15) is 19.2 Å². The zero-order valence-corrected chi connectivity index (χ0v) is 22.5. The molecule has 1 N–H and O–H groups in total. The lowest BCUT2D eigenvalue weighted by Crippen LogP contribution is -2.30. The first-order chi connectivity index (χ1) is 17.2. The average Bonchev–Trinajstić information content (AvgIpc) is 3.25. The van der Waals surface area contributed by atoms with Crippen molar-refractivity contribution in [3.63, 3.8) is 0 Å². The minimum Gasteiger partial charge on any atom is -0.481 e. The Hall–Kier alpha value is -3.25. The molecule has 0 aliphatic heterocycles. The number of aliphatic carboxylic acids is 1. The molecule has 200 valence electrons. The van der Waals surface area contributed by atoms with Gasteiger partial charge in [-0.2, -0.15) is 13.2 Å². The van der Waals surface area contributed by atoms with Gasteiger partial charge in [0.05, 0.1) is 23.5 Å². The summed E-state index contributed by atoms with van der Waals surface area (Å²) in [6, 6.07) is 7.66. The van der Waals surface area contributed by atoms with Gasteiger partial charge in [-0.3, -0.25) is 4.79 Å². The first kappa shape index (κ1) is 28.3. The zero-order chi connectivity index (χ0) is 27.4. The van der Waals surface area contributed by atoms with E-state index in [1.165, 1.54) is 17.0 Å². The van der Waals surface area contributed by atoms with Crippen LogP contribution in [0.5, 0.6) is 5.88 Å². The summed E-state index contributed by atoms with van der Waals surface area (Å²) in [6.07, 6.45) is -0.737. The Morgan fingerprint density at radius 2 is 1.70 bits per heavy atom. The fourth-order valence-electron chi connectivity index (χ4n) is 3.07. The fraction of sp³-hybridized carbons (Fsp3) is 0.440. The van der Waals surface area contributed by atoms with Crippen LogP contribution in [-0.4, -0.2) is 51.9 Å². The van der Waals surface area contributed by atoms with E-state index >= 15 is 0 Å². The molecule has 8 nitrogen and oxygen atoms in total. The van der Waals surface area contributed by atoms with E-state index in [-0.39, 0.29) is 25.0 Å². The number of carbonyl (C=O) groups is 1. The molecule has 0 fully saturated rings. The molecule has 2 heterocycles. The third-order valence-electron chi connectivity index (χ3n) is 5.52. The van der Waals surface area contributed by atoms with Gasteiger partial charge in [-0.1, -0.05) is 43.9 Å². The quantitative estimate of drug-likeness (QED) is 0.243. The van der Waals surface area contributed by atoms with E-state index in [4.69, 9.17) is 9.47 Å². The van der Waals surface area contributed by atoms with E-state index < -0.39 is 31.3 Å². The summed E-state index contributed by atoms with van der Waals surface area (Å²) in [4.78, 5) is 23.5. The van der Waals surface area contributed by atoms with Crippen molar-refractivity contribution in [1.29, 1.82) is 0 Å². The number of nitrogens with zero attached hydrogens (tertiary/aromatic N) is 4. The number of benzene rings is 1. The highest BCUT2D eigenvalue weighted by Crippen LogP contribution is 2.32. The Kier molecular flexibility index (Phi) is 8.43. The second-order valence-corrected chi connectivity index (χ2v) is 16.2. The Balaban J connectivity index is 1.75. The molecule has 0 aliphatic carbocycles. The molecule has 0 saturated heterocycles.